The largest absolute Gasteiger partial charge is 0.481 e. The molecule has 0 aliphatic carbocycles. The summed E-state index contributed by atoms with van der Waals surface area (Å²) < 4.78 is 5.29. The molecule has 2 aromatic heterocycles. The van der Waals surface area contributed by atoms with Crippen LogP contribution >= 0.6 is 23.1 Å². The van der Waals surface area contributed by atoms with E-state index in [0.29, 0.717) is 12.2 Å². The number of hydrogen-bond acceptors (Lipinski definition) is 6. The molecule has 0 saturated carbocycles. The Balaban J connectivity index is 1.79. The molecule has 1 atom stereocenters. The van der Waals surface area contributed by atoms with Crippen molar-refractivity contribution in [2.75, 3.05) is 5.75 Å². The quantitative estimate of drug-likeness (QED) is 0.705. The highest BCUT2D eigenvalue weighted by Gasteiger charge is 2.27. The van der Waals surface area contributed by atoms with Gasteiger partial charge in [0.15, 0.2) is 5.76 Å². The Bertz CT molecular complexity index is 684. The van der Waals surface area contributed by atoms with Gasteiger partial charge in [0.1, 0.15) is 0 Å². The molecule has 1 unspecified atom stereocenters. The normalized spacial score (nSPS) is 13.4. The van der Waals surface area contributed by atoms with Gasteiger partial charge in [-0.15, -0.1) is 23.1 Å². The molecule has 8 heteroatoms. The molecule has 130 valence electrons. The Hall–Kier alpha value is -1.80. The molecule has 2 rings (SSSR count). The molecule has 2 N–H and O–H groups in total. The molecular formula is C16H20N2O4S2. The summed E-state index contributed by atoms with van der Waals surface area (Å²) in [4.78, 5) is 23.9. The van der Waals surface area contributed by atoms with Crippen molar-refractivity contribution in [2.24, 2.45) is 0 Å². The third-order valence-electron chi connectivity index (χ3n) is 3.57. The van der Waals surface area contributed by atoms with E-state index in [-0.39, 0.29) is 18.1 Å². The van der Waals surface area contributed by atoms with Crippen molar-refractivity contribution in [3.05, 3.63) is 29.3 Å². The molecule has 0 aliphatic heterocycles. The maximum absolute atomic E-state index is 12.0. The van der Waals surface area contributed by atoms with Crippen LogP contribution in [0.3, 0.4) is 0 Å². The monoisotopic (exact) mass is 368 g/mol. The lowest BCUT2D eigenvalue weighted by atomic mass is 9.94. The Morgan fingerprint density at radius 3 is 2.92 bits per heavy atom. The third kappa shape index (κ3) is 5.38. The maximum Gasteiger partial charge on any atom is 0.305 e. The summed E-state index contributed by atoms with van der Waals surface area (Å²) in [6, 6.07) is 5.78. The number of rotatable bonds is 9. The Morgan fingerprint density at radius 2 is 2.29 bits per heavy atom. The van der Waals surface area contributed by atoms with Gasteiger partial charge in [0.25, 0.3) is 0 Å². The topological polar surface area (TPSA) is 92.4 Å². The van der Waals surface area contributed by atoms with Gasteiger partial charge in [-0.1, -0.05) is 18.1 Å². The number of aromatic nitrogens is 1. The average Bonchev–Trinajstić information content (AvgIpc) is 3.17. The minimum Gasteiger partial charge on any atom is -0.481 e. The smallest absolute Gasteiger partial charge is 0.305 e. The van der Waals surface area contributed by atoms with Gasteiger partial charge < -0.3 is 14.9 Å². The van der Waals surface area contributed by atoms with Crippen LogP contribution in [0, 0.1) is 0 Å². The second-order valence-electron chi connectivity index (χ2n) is 5.69. The van der Waals surface area contributed by atoms with E-state index in [9.17, 15) is 9.59 Å². The Kier molecular flexibility index (Phi) is 6.44. The molecule has 0 spiro atoms. The van der Waals surface area contributed by atoms with Gasteiger partial charge in [-0.05, 0) is 24.8 Å². The van der Waals surface area contributed by atoms with Crippen LogP contribution in [-0.2, 0) is 15.3 Å². The molecule has 2 aromatic rings. The van der Waals surface area contributed by atoms with E-state index < -0.39 is 11.5 Å². The zero-order chi connectivity index (χ0) is 17.6. The highest BCUT2D eigenvalue weighted by Crippen LogP contribution is 2.26. The number of thioether (sulfide) groups is 1. The number of aliphatic carboxylic acids is 1. The molecule has 0 radical (unpaired) electrons. The zero-order valence-electron chi connectivity index (χ0n) is 13.6. The molecule has 24 heavy (non-hydrogen) atoms. The second kappa shape index (κ2) is 8.34. The van der Waals surface area contributed by atoms with Crippen LogP contribution in [0.2, 0.25) is 0 Å². The van der Waals surface area contributed by atoms with E-state index in [1.165, 1.54) is 11.8 Å². The fourth-order valence-electron chi connectivity index (χ4n) is 2.13. The maximum atomic E-state index is 12.0. The number of carbonyl (C=O) groups excluding carboxylic acids is 1. The fraction of sp³-hybridized carbons (Fsp3) is 0.438. The molecule has 0 bridgehead atoms. The zero-order valence-corrected chi connectivity index (χ0v) is 15.2. The van der Waals surface area contributed by atoms with E-state index in [2.05, 4.69) is 10.5 Å². The summed E-state index contributed by atoms with van der Waals surface area (Å²) in [6.45, 7) is 3.60. The van der Waals surface area contributed by atoms with Crippen LogP contribution in [0.15, 0.2) is 28.1 Å². The van der Waals surface area contributed by atoms with E-state index in [1.807, 2.05) is 30.5 Å². The first-order valence-corrected chi connectivity index (χ1v) is 9.55. The number of nitrogens with zero attached hydrogens (tertiary/aromatic N) is 1. The van der Waals surface area contributed by atoms with E-state index in [1.54, 1.807) is 18.3 Å². The van der Waals surface area contributed by atoms with Crippen LogP contribution in [0.1, 0.15) is 32.4 Å². The molecule has 6 nitrogen and oxygen atoms in total. The summed E-state index contributed by atoms with van der Waals surface area (Å²) >= 11 is 3.00. The van der Waals surface area contributed by atoms with Gasteiger partial charge in [-0.2, -0.15) is 0 Å². The minimum atomic E-state index is -0.920. The van der Waals surface area contributed by atoms with Gasteiger partial charge in [0.05, 0.1) is 22.7 Å². The third-order valence-corrected chi connectivity index (χ3v) is 5.42. The van der Waals surface area contributed by atoms with Crippen molar-refractivity contribution in [1.82, 2.24) is 10.5 Å². The number of hydrogen-bond donors (Lipinski definition) is 2. The first-order chi connectivity index (χ1) is 11.4. The van der Waals surface area contributed by atoms with E-state index >= 15 is 0 Å². The van der Waals surface area contributed by atoms with E-state index in [4.69, 9.17) is 9.63 Å². The van der Waals surface area contributed by atoms with Crippen molar-refractivity contribution in [1.29, 1.82) is 0 Å². The van der Waals surface area contributed by atoms with Crippen LogP contribution < -0.4 is 5.32 Å². The van der Waals surface area contributed by atoms with Crippen molar-refractivity contribution in [2.45, 2.75) is 38.0 Å². The van der Waals surface area contributed by atoms with Crippen LogP contribution in [0.5, 0.6) is 0 Å². The average molecular weight is 368 g/mol. The predicted octanol–water partition coefficient (Wildman–Crippen LogP) is 3.40. The van der Waals surface area contributed by atoms with E-state index in [0.717, 1.165) is 16.3 Å². The molecule has 0 saturated heterocycles. The Morgan fingerprint density at radius 1 is 1.50 bits per heavy atom. The Labute approximate surface area is 148 Å². The van der Waals surface area contributed by atoms with Gasteiger partial charge >= 0.3 is 5.97 Å². The van der Waals surface area contributed by atoms with Crippen molar-refractivity contribution < 1.29 is 19.2 Å². The summed E-state index contributed by atoms with van der Waals surface area (Å²) in [7, 11) is 0. The SMILES string of the molecule is CCC(C)(CC(=O)O)NC(=O)CSCc1cc(-c2cccs2)on1. The van der Waals surface area contributed by atoms with Gasteiger partial charge in [-0.3, -0.25) is 9.59 Å². The molecule has 0 fully saturated rings. The number of thiophene rings is 1. The lowest BCUT2D eigenvalue weighted by Crippen LogP contribution is -2.47. The second-order valence-corrected chi connectivity index (χ2v) is 7.62. The summed E-state index contributed by atoms with van der Waals surface area (Å²) in [5, 5.41) is 17.7. The van der Waals surface area contributed by atoms with Crippen molar-refractivity contribution >= 4 is 35.0 Å². The van der Waals surface area contributed by atoms with Crippen LogP contribution in [0.25, 0.3) is 10.6 Å². The van der Waals surface area contributed by atoms with Gasteiger partial charge in [0, 0.05) is 17.4 Å². The predicted molar refractivity (Wildman–Crippen MR) is 95.1 cm³/mol. The lowest BCUT2D eigenvalue weighted by molar-refractivity contribution is -0.138. The van der Waals surface area contributed by atoms with Crippen molar-refractivity contribution in [3.63, 3.8) is 0 Å². The van der Waals surface area contributed by atoms with Crippen LogP contribution in [-0.4, -0.2) is 33.4 Å². The number of nitrogens with one attached hydrogen (secondary N) is 1. The minimum absolute atomic E-state index is 0.0899. The highest BCUT2D eigenvalue weighted by atomic mass is 32.2. The number of amides is 1. The first kappa shape index (κ1) is 18.5. The van der Waals surface area contributed by atoms with Crippen molar-refractivity contribution in [3.8, 4) is 10.6 Å². The fourth-order valence-corrected chi connectivity index (χ4v) is 3.51. The number of carbonyl (C=O) groups is 2. The first-order valence-electron chi connectivity index (χ1n) is 7.52. The molecular weight excluding hydrogens is 348 g/mol. The van der Waals surface area contributed by atoms with Gasteiger partial charge in [0.2, 0.25) is 5.91 Å². The summed E-state index contributed by atoms with van der Waals surface area (Å²) in [6.07, 6.45) is 0.469. The molecule has 0 aromatic carbocycles. The number of carboxylic acids is 1. The number of carboxylic acid groups (broad SMARTS) is 1. The molecule has 1 amide bonds. The standard InChI is InChI=1S/C16H20N2O4S2/c1-3-16(2,8-15(20)21)17-14(19)10-23-9-11-7-12(22-18-11)13-5-4-6-24-13/h4-7H,3,8-10H2,1-2H3,(H,17,19)(H,20,21). The highest BCUT2D eigenvalue weighted by molar-refractivity contribution is 7.99. The molecule has 0 aliphatic rings. The summed E-state index contributed by atoms with van der Waals surface area (Å²) in [5.74, 6) is 0.439. The van der Waals surface area contributed by atoms with Crippen LogP contribution in [0.4, 0.5) is 0 Å². The van der Waals surface area contributed by atoms with Gasteiger partial charge in [-0.25, -0.2) is 0 Å². The summed E-state index contributed by atoms with van der Waals surface area (Å²) in [5.41, 5.74) is 0.0592. The molecule has 2 heterocycles. The lowest BCUT2D eigenvalue weighted by Gasteiger charge is -2.27.